The maximum absolute atomic E-state index is 13.6. The average molecular weight is 386 g/mol. The Bertz CT molecular complexity index is 805. The first kappa shape index (κ1) is 19.7. The van der Waals surface area contributed by atoms with Crippen molar-refractivity contribution in [1.82, 2.24) is 0 Å². The fraction of sp³-hybridized carbons (Fsp3) is 0.696. The summed E-state index contributed by atoms with van der Waals surface area (Å²) in [7, 11) is 0. The topological polar surface area (TPSA) is 91.7 Å². The molecule has 0 heterocycles. The zero-order chi connectivity index (χ0) is 20.5. The van der Waals surface area contributed by atoms with E-state index in [1.807, 2.05) is 13.8 Å². The second-order valence-corrected chi connectivity index (χ2v) is 9.62. The first-order chi connectivity index (χ1) is 13.1. The zero-order valence-electron chi connectivity index (χ0n) is 17.0. The fourth-order valence-electron chi connectivity index (χ4n) is 7.30. The van der Waals surface area contributed by atoms with Crippen molar-refractivity contribution in [3.05, 3.63) is 23.3 Å². The minimum Gasteiger partial charge on any atom is -0.388 e. The Balaban J connectivity index is 1.79. The van der Waals surface area contributed by atoms with Gasteiger partial charge < -0.3 is 10.2 Å². The number of rotatable bonds is 3. The Morgan fingerprint density at radius 2 is 1.93 bits per heavy atom. The highest BCUT2D eigenvalue weighted by molar-refractivity contribution is 6.02. The quantitative estimate of drug-likeness (QED) is 0.778. The summed E-state index contributed by atoms with van der Waals surface area (Å²) in [5, 5.41) is 20.6. The lowest BCUT2D eigenvalue weighted by atomic mass is 9.45. The number of Topliss-reactive ketones (excluding diaryl/α,β-unsaturated/α-hetero) is 2. The summed E-state index contributed by atoms with van der Waals surface area (Å²) in [5.74, 6) is -0.543. The molecule has 0 spiro atoms. The zero-order valence-corrected chi connectivity index (χ0v) is 17.0. The predicted molar refractivity (Wildman–Crippen MR) is 103 cm³/mol. The van der Waals surface area contributed by atoms with Gasteiger partial charge in [-0.15, -0.1) is 0 Å². The number of hydrogen-bond donors (Lipinski definition) is 2. The highest BCUT2D eigenvalue weighted by Crippen LogP contribution is 2.67. The molecular weight excluding hydrogens is 356 g/mol. The molecule has 4 aliphatic rings. The van der Waals surface area contributed by atoms with Gasteiger partial charge in [-0.1, -0.05) is 31.9 Å². The van der Waals surface area contributed by atoms with Crippen molar-refractivity contribution in [1.29, 1.82) is 0 Å². The largest absolute Gasteiger partial charge is 0.388 e. The molecular formula is C23H30O5. The highest BCUT2D eigenvalue weighted by atomic mass is 16.3. The van der Waals surface area contributed by atoms with Crippen LogP contribution in [0, 0.1) is 28.6 Å². The number of aliphatic hydroxyl groups excluding tert-OH is 1. The molecule has 3 saturated carbocycles. The maximum Gasteiger partial charge on any atom is 0.190 e. The van der Waals surface area contributed by atoms with Crippen LogP contribution in [0.3, 0.4) is 0 Å². The number of carbonyl (C=O) groups excluding carboxylic acids is 3. The number of ketones is 3. The number of hydrogen-bond acceptors (Lipinski definition) is 5. The van der Waals surface area contributed by atoms with Crippen LogP contribution in [0.5, 0.6) is 0 Å². The Labute approximate surface area is 165 Å². The summed E-state index contributed by atoms with van der Waals surface area (Å²) in [6.07, 6.45) is 6.85. The lowest BCUT2D eigenvalue weighted by Crippen LogP contribution is -2.61. The van der Waals surface area contributed by atoms with E-state index in [9.17, 15) is 24.6 Å². The van der Waals surface area contributed by atoms with E-state index in [1.165, 1.54) is 0 Å². The van der Waals surface area contributed by atoms with Gasteiger partial charge in [-0.3, -0.25) is 14.4 Å². The fourth-order valence-corrected chi connectivity index (χ4v) is 7.30. The van der Waals surface area contributed by atoms with Crippen molar-refractivity contribution >= 4 is 17.3 Å². The highest BCUT2D eigenvalue weighted by Gasteiger charge is 2.68. The van der Waals surface area contributed by atoms with Crippen molar-refractivity contribution in [2.24, 2.45) is 28.6 Å². The third-order valence-corrected chi connectivity index (χ3v) is 8.74. The molecule has 0 bridgehead atoms. The summed E-state index contributed by atoms with van der Waals surface area (Å²) in [4.78, 5) is 38.1. The predicted octanol–water partition coefficient (Wildman–Crippen LogP) is 2.55. The van der Waals surface area contributed by atoms with Crippen LogP contribution in [-0.4, -0.2) is 39.8 Å². The van der Waals surface area contributed by atoms with Crippen molar-refractivity contribution in [3.8, 4) is 0 Å². The second-order valence-electron chi connectivity index (χ2n) is 9.62. The van der Waals surface area contributed by atoms with Gasteiger partial charge in [-0.2, -0.15) is 0 Å². The molecule has 3 fully saturated rings. The molecule has 0 aliphatic heterocycles. The molecule has 5 heteroatoms. The van der Waals surface area contributed by atoms with E-state index in [2.05, 4.69) is 6.92 Å². The molecule has 5 nitrogen and oxygen atoms in total. The summed E-state index contributed by atoms with van der Waals surface area (Å²) < 4.78 is 0. The van der Waals surface area contributed by atoms with E-state index in [0.29, 0.717) is 12.8 Å². The smallest absolute Gasteiger partial charge is 0.190 e. The van der Waals surface area contributed by atoms with Crippen LogP contribution in [0.1, 0.15) is 59.3 Å². The molecule has 0 aromatic rings. The van der Waals surface area contributed by atoms with Crippen LogP contribution < -0.4 is 0 Å². The van der Waals surface area contributed by atoms with Gasteiger partial charge in [0, 0.05) is 23.2 Å². The van der Waals surface area contributed by atoms with Gasteiger partial charge in [0.1, 0.15) is 18.0 Å². The lowest BCUT2D eigenvalue weighted by molar-refractivity contribution is -0.169. The van der Waals surface area contributed by atoms with Gasteiger partial charge in [0.15, 0.2) is 11.6 Å². The molecule has 4 aliphatic carbocycles. The van der Waals surface area contributed by atoms with E-state index in [-0.39, 0.29) is 35.7 Å². The molecule has 0 radical (unpaired) electrons. The van der Waals surface area contributed by atoms with Crippen LogP contribution in [-0.2, 0) is 14.4 Å². The molecule has 28 heavy (non-hydrogen) atoms. The number of aliphatic hydroxyl groups is 2. The molecule has 2 N–H and O–H groups in total. The standard InChI is InChI=1S/C23H30O5/c1-4-13-9-15(25)10-14-5-6-16-17-7-8-23(28,19(27)12-24)21(17,2)11-18(26)20(16)22(13,14)3/h9-10,16-17,20,24,28H,4-8,11-12H2,1-3H3/t16-,17-,20+,21-,22-,23-/m0/s1. The molecule has 0 amide bonds. The Morgan fingerprint density at radius 3 is 2.57 bits per heavy atom. The van der Waals surface area contributed by atoms with Crippen LogP contribution in [0.2, 0.25) is 0 Å². The normalized spacial score (nSPS) is 45.0. The third-order valence-electron chi connectivity index (χ3n) is 8.74. The second kappa shape index (κ2) is 6.20. The van der Waals surface area contributed by atoms with Gasteiger partial charge in [-0.25, -0.2) is 0 Å². The Kier molecular flexibility index (Phi) is 4.37. The molecule has 6 atom stereocenters. The first-order valence-electron chi connectivity index (χ1n) is 10.5. The van der Waals surface area contributed by atoms with E-state index < -0.39 is 28.8 Å². The SMILES string of the molecule is CCC1=CC(=O)C=C2CC[C@@H]3[C@H](C(=O)C[C@@]4(C)[C@H]3CC[C@]4(O)C(=O)CO)[C@@]12C. The van der Waals surface area contributed by atoms with Crippen LogP contribution in [0.4, 0.5) is 0 Å². The Hall–Kier alpha value is -1.59. The van der Waals surface area contributed by atoms with Crippen LogP contribution in [0.25, 0.3) is 0 Å². The van der Waals surface area contributed by atoms with Crippen LogP contribution >= 0.6 is 0 Å². The number of fused-ring (bicyclic) bond motifs is 5. The molecule has 0 saturated heterocycles. The van der Waals surface area contributed by atoms with Crippen LogP contribution in [0.15, 0.2) is 23.3 Å². The number of allylic oxidation sites excluding steroid dienone is 4. The van der Waals surface area contributed by atoms with E-state index in [0.717, 1.165) is 30.4 Å². The minimum atomic E-state index is -1.63. The van der Waals surface area contributed by atoms with E-state index >= 15 is 0 Å². The minimum absolute atomic E-state index is 0.0136. The molecule has 0 aromatic heterocycles. The summed E-state index contributed by atoms with van der Waals surface area (Å²) in [6.45, 7) is 5.30. The molecule has 4 rings (SSSR count). The molecule has 0 unspecified atom stereocenters. The average Bonchev–Trinajstić information content (AvgIpc) is 2.92. The van der Waals surface area contributed by atoms with Gasteiger partial charge in [0.25, 0.3) is 0 Å². The van der Waals surface area contributed by atoms with Gasteiger partial charge >= 0.3 is 0 Å². The molecule has 152 valence electrons. The van der Waals surface area contributed by atoms with Crippen molar-refractivity contribution in [3.63, 3.8) is 0 Å². The van der Waals surface area contributed by atoms with Crippen molar-refractivity contribution < 1.29 is 24.6 Å². The lowest BCUT2D eigenvalue weighted by Gasteiger charge is -2.58. The third kappa shape index (κ3) is 2.23. The summed E-state index contributed by atoms with van der Waals surface area (Å²) in [5.41, 5.74) is -0.804. The van der Waals surface area contributed by atoms with Gasteiger partial charge in [0.2, 0.25) is 0 Å². The first-order valence-corrected chi connectivity index (χ1v) is 10.5. The van der Waals surface area contributed by atoms with Gasteiger partial charge in [-0.05, 0) is 56.1 Å². The maximum atomic E-state index is 13.6. The van der Waals surface area contributed by atoms with Crippen molar-refractivity contribution in [2.45, 2.75) is 64.9 Å². The monoisotopic (exact) mass is 386 g/mol. The van der Waals surface area contributed by atoms with E-state index in [4.69, 9.17) is 0 Å². The molecule has 0 aromatic carbocycles. The number of carbonyl (C=O) groups is 3. The summed E-state index contributed by atoms with van der Waals surface area (Å²) >= 11 is 0. The van der Waals surface area contributed by atoms with Gasteiger partial charge in [0.05, 0.1) is 0 Å². The Morgan fingerprint density at radius 1 is 1.21 bits per heavy atom. The van der Waals surface area contributed by atoms with Crippen molar-refractivity contribution in [2.75, 3.05) is 6.61 Å². The van der Waals surface area contributed by atoms with E-state index in [1.54, 1.807) is 12.2 Å². The summed E-state index contributed by atoms with van der Waals surface area (Å²) in [6, 6.07) is 0.